The Bertz CT molecular complexity index is 741. The number of nitrogens with two attached hydrogens (primary N) is 1. The van der Waals surface area contributed by atoms with Gasteiger partial charge in [-0.25, -0.2) is 8.78 Å². The highest BCUT2D eigenvalue weighted by Gasteiger charge is 2.38. The molecule has 2 N–H and O–H groups in total. The van der Waals surface area contributed by atoms with Crippen molar-refractivity contribution < 1.29 is 13.6 Å². The van der Waals surface area contributed by atoms with E-state index in [1.807, 2.05) is 6.92 Å². The van der Waals surface area contributed by atoms with Crippen LogP contribution in [0.1, 0.15) is 22.9 Å². The summed E-state index contributed by atoms with van der Waals surface area (Å²) in [6, 6.07) is 0.775. The molecular weight excluding hydrogens is 278 g/mol. The van der Waals surface area contributed by atoms with Crippen LogP contribution in [0.3, 0.4) is 0 Å². The van der Waals surface area contributed by atoms with E-state index in [1.165, 1.54) is 4.90 Å². The Kier molecular flexibility index (Phi) is 3.02. The minimum absolute atomic E-state index is 0.0444. The van der Waals surface area contributed by atoms with E-state index < -0.39 is 23.6 Å². The molecular formula is C14H14F2N4O. The molecule has 0 saturated carbocycles. The van der Waals surface area contributed by atoms with Crippen LogP contribution in [-0.4, -0.2) is 15.7 Å². The fourth-order valence-electron chi connectivity index (χ4n) is 2.65. The van der Waals surface area contributed by atoms with E-state index in [0.717, 1.165) is 23.4 Å². The second kappa shape index (κ2) is 4.63. The summed E-state index contributed by atoms with van der Waals surface area (Å²) < 4.78 is 28.9. The number of carbonyl (C=O) groups excluding carboxylic acids is 1. The zero-order chi connectivity index (χ0) is 15.3. The predicted molar refractivity (Wildman–Crippen MR) is 72.4 cm³/mol. The highest BCUT2D eigenvalue weighted by Crippen LogP contribution is 2.38. The first-order valence-electron chi connectivity index (χ1n) is 6.43. The Balaban J connectivity index is 2.05. The summed E-state index contributed by atoms with van der Waals surface area (Å²) in [5.74, 6) is -1.98. The monoisotopic (exact) mass is 292 g/mol. The van der Waals surface area contributed by atoms with Crippen LogP contribution in [-0.2, 0) is 18.4 Å². The van der Waals surface area contributed by atoms with Gasteiger partial charge >= 0.3 is 0 Å². The third-order valence-corrected chi connectivity index (χ3v) is 3.65. The number of anilines is 1. The minimum Gasteiger partial charge on any atom is -0.316 e. The van der Waals surface area contributed by atoms with Crippen LogP contribution in [0.4, 0.5) is 14.5 Å². The molecule has 1 aliphatic rings. The summed E-state index contributed by atoms with van der Waals surface area (Å²) in [5.41, 5.74) is 7.54. The molecule has 0 saturated heterocycles. The molecule has 1 atom stereocenters. The van der Waals surface area contributed by atoms with Crippen molar-refractivity contribution in [3.63, 3.8) is 0 Å². The lowest BCUT2D eigenvalue weighted by Gasteiger charge is -2.17. The van der Waals surface area contributed by atoms with Gasteiger partial charge in [0.15, 0.2) is 0 Å². The number of amides is 1. The summed E-state index contributed by atoms with van der Waals surface area (Å²) in [7, 11) is 1.77. The van der Waals surface area contributed by atoms with E-state index in [1.54, 1.807) is 17.9 Å². The third kappa shape index (κ3) is 2.09. The molecule has 1 aromatic heterocycles. The lowest BCUT2D eigenvalue weighted by atomic mass is 10.1. The Morgan fingerprint density at radius 3 is 2.71 bits per heavy atom. The Morgan fingerprint density at radius 2 is 2.10 bits per heavy atom. The lowest BCUT2D eigenvalue weighted by Crippen LogP contribution is -2.31. The van der Waals surface area contributed by atoms with Crippen molar-refractivity contribution >= 4 is 11.6 Å². The van der Waals surface area contributed by atoms with Gasteiger partial charge < -0.3 is 10.6 Å². The largest absolute Gasteiger partial charge is 0.316 e. The summed E-state index contributed by atoms with van der Waals surface area (Å²) in [5, 5.41) is 4.19. The van der Waals surface area contributed by atoms with E-state index >= 15 is 0 Å². The van der Waals surface area contributed by atoms with E-state index in [9.17, 15) is 13.6 Å². The zero-order valence-electron chi connectivity index (χ0n) is 11.6. The van der Waals surface area contributed by atoms with Crippen molar-refractivity contribution in [1.82, 2.24) is 9.78 Å². The molecule has 0 spiro atoms. The Morgan fingerprint density at radius 1 is 1.38 bits per heavy atom. The molecule has 3 rings (SSSR count). The predicted octanol–water partition coefficient (Wildman–Crippen LogP) is 1.55. The van der Waals surface area contributed by atoms with Gasteiger partial charge in [-0.05, 0) is 13.0 Å². The van der Waals surface area contributed by atoms with Gasteiger partial charge in [0, 0.05) is 30.4 Å². The molecule has 2 aromatic rings. The SMILES string of the molecule is Cc1nn(C)cc1CN1C(=O)C(N)c2c(F)cc(F)cc21. The summed E-state index contributed by atoms with van der Waals surface area (Å²) in [6.45, 7) is 1.99. The van der Waals surface area contributed by atoms with Gasteiger partial charge in [0.05, 0.1) is 17.9 Å². The van der Waals surface area contributed by atoms with Gasteiger partial charge in [0.1, 0.15) is 17.7 Å². The molecule has 0 radical (unpaired) electrons. The molecule has 110 valence electrons. The van der Waals surface area contributed by atoms with Gasteiger partial charge in [-0.3, -0.25) is 9.48 Å². The molecule has 1 amide bonds. The molecule has 0 bridgehead atoms. The number of fused-ring (bicyclic) bond motifs is 1. The standard InChI is InChI=1S/C14H14F2N4O/c1-7-8(5-19(2)18-7)6-20-11-4-9(15)3-10(16)12(11)13(17)14(20)21/h3-5,13H,6,17H2,1-2H3. The van der Waals surface area contributed by atoms with Crippen LogP contribution in [0.2, 0.25) is 0 Å². The van der Waals surface area contributed by atoms with Gasteiger partial charge in [-0.1, -0.05) is 0 Å². The van der Waals surface area contributed by atoms with E-state index in [2.05, 4.69) is 5.10 Å². The number of rotatable bonds is 2. The number of hydrogen-bond donors (Lipinski definition) is 1. The molecule has 21 heavy (non-hydrogen) atoms. The summed E-state index contributed by atoms with van der Waals surface area (Å²) in [4.78, 5) is 13.5. The summed E-state index contributed by atoms with van der Waals surface area (Å²) in [6.07, 6.45) is 1.77. The van der Waals surface area contributed by atoms with Crippen LogP contribution in [0, 0.1) is 18.6 Å². The van der Waals surface area contributed by atoms with E-state index in [-0.39, 0.29) is 17.8 Å². The van der Waals surface area contributed by atoms with Crippen molar-refractivity contribution in [1.29, 1.82) is 0 Å². The third-order valence-electron chi connectivity index (χ3n) is 3.65. The molecule has 5 nitrogen and oxygen atoms in total. The number of hydrogen-bond acceptors (Lipinski definition) is 3. The van der Waals surface area contributed by atoms with E-state index in [0.29, 0.717) is 0 Å². The molecule has 2 heterocycles. The molecule has 7 heteroatoms. The topological polar surface area (TPSA) is 64.2 Å². The van der Waals surface area contributed by atoms with Crippen molar-refractivity contribution in [3.8, 4) is 0 Å². The van der Waals surface area contributed by atoms with Gasteiger partial charge in [0.25, 0.3) is 0 Å². The number of halogens is 2. The quantitative estimate of drug-likeness (QED) is 0.913. The number of aromatic nitrogens is 2. The highest BCUT2D eigenvalue weighted by atomic mass is 19.1. The van der Waals surface area contributed by atoms with Gasteiger partial charge in [-0.15, -0.1) is 0 Å². The van der Waals surface area contributed by atoms with Crippen molar-refractivity contribution in [2.45, 2.75) is 19.5 Å². The van der Waals surface area contributed by atoms with Gasteiger partial charge in [-0.2, -0.15) is 5.10 Å². The number of aryl methyl sites for hydroxylation is 2. The van der Waals surface area contributed by atoms with Crippen LogP contribution in [0.5, 0.6) is 0 Å². The molecule has 0 aliphatic carbocycles. The maximum atomic E-state index is 13.9. The zero-order valence-corrected chi connectivity index (χ0v) is 11.6. The van der Waals surface area contributed by atoms with Crippen LogP contribution in [0.15, 0.2) is 18.3 Å². The van der Waals surface area contributed by atoms with Crippen LogP contribution in [0.25, 0.3) is 0 Å². The Labute approximate surface area is 120 Å². The maximum absolute atomic E-state index is 13.9. The van der Waals surface area contributed by atoms with Crippen molar-refractivity contribution in [3.05, 3.63) is 46.8 Å². The first-order valence-corrected chi connectivity index (χ1v) is 6.43. The highest BCUT2D eigenvalue weighted by molar-refractivity contribution is 6.04. The second-order valence-electron chi connectivity index (χ2n) is 5.14. The second-order valence-corrected chi connectivity index (χ2v) is 5.14. The van der Waals surface area contributed by atoms with Crippen LogP contribution >= 0.6 is 0 Å². The maximum Gasteiger partial charge on any atom is 0.249 e. The fourth-order valence-corrected chi connectivity index (χ4v) is 2.65. The number of carbonyl (C=O) groups is 1. The van der Waals surface area contributed by atoms with Gasteiger partial charge in [0.2, 0.25) is 5.91 Å². The Hall–Kier alpha value is -2.28. The van der Waals surface area contributed by atoms with Crippen molar-refractivity contribution in [2.24, 2.45) is 12.8 Å². The molecule has 1 aromatic carbocycles. The minimum atomic E-state index is -1.10. The van der Waals surface area contributed by atoms with Crippen LogP contribution < -0.4 is 10.6 Å². The first kappa shape index (κ1) is 13.7. The fraction of sp³-hybridized carbons (Fsp3) is 0.286. The summed E-state index contributed by atoms with van der Waals surface area (Å²) >= 11 is 0. The lowest BCUT2D eigenvalue weighted by molar-refractivity contribution is -0.119. The first-order chi connectivity index (χ1) is 9.88. The number of benzene rings is 1. The average molecular weight is 292 g/mol. The normalized spacial score (nSPS) is 17.5. The molecule has 0 fully saturated rings. The van der Waals surface area contributed by atoms with Crippen molar-refractivity contribution in [2.75, 3.05) is 4.90 Å². The van der Waals surface area contributed by atoms with E-state index in [4.69, 9.17) is 5.73 Å². The molecule has 1 unspecified atom stereocenters. The number of nitrogens with zero attached hydrogens (tertiary/aromatic N) is 3. The average Bonchev–Trinajstić information content (AvgIpc) is 2.82. The smallest absolute Gasteiger partial charge is 0.249 e. The molecule has 1 aliphatic heterocycles.